The number of carbonyl (C=O) groups excluding carboxylic acids is 2. The molecule has 0 saturated heterocycles. The molecule has 0 spiro atoms. The van der Waals surface area contributed by atoms with Gasteiger partial charge in [0.15, 0.2) is 0 Å². The van der Waals surface area contributed by atoms with Gasteiger partial charge in [-0.3, -0.25) is 0 Å². The number of halogens is 1. The van der Waals surface area contributed by atoms with E-state index in [2.05, 4.69) is 4.98 Å². The third-order valence-electron chi connectivity index (χ3n) is 2.34. The smallest absolute Gasteiger partial charge is 0.425 e. The Hall–Kier alpha value is -2.33. The topological polar surface area (TPSA) is 92.5 Å². The van der Waals surface area contributed by atoms with E-state index in [4.69, 9.17) is 26.3 Å². The number of anilines is 1. The number of imide groups is 1. The van der Waals surface area contributed by atoms with E-state index in [0.29, 0.717) is 4.90 Å². The van der Waals surface area contributed by atoms with Crippen LogP contribution in [-0.4, -0.2) is 28.4 Å². The second kappa shape index (κ2) is 7.05. The second-order valence-corrected chi connectivity index (χ2v) is 7.34. The largest absolute Gasteiger partial charge is 0.443 e. The van der Waals surface area contributed by atoms with Crippen LogP contribution >= 0.6 is 11.6 Å². The van der Waals surface area contributed by atoms with E-state index in [9.17, 15) is 9.59 Å². The third-order valence-corrected chi connectivity index (χ3v) is 2.65. The van der Waals surface area contributed by atoms with Gasteiger partial charge in [0.2, 0.25) is 0 Å². The maximum Gasteiger partial charge on any atom is 0.425 e. The van der Waals surface area contributed by atoms with Crippen molar-refractivity contribution < 1.29 is 19.1 Å². The molecule has 1 heterocycles. The zero-order valence-electron chi connectivity index (χ0n) is 14.5. The van der Waals surface area contributed by atoms with Crippen LogP contribution in [0.5, 0.6) is 0 Å². The molecule has 2 amide bonds. The van der Waals surface area contributed by atoms with Gasteiger partial charge in [0.25, 0.3) is 0 Å². The van der Waals surface area contributed by atoms with Gasteiger partial charge in [-0.25, -0.2) is 14.6 Å². The molecule has 0 fully saturated rings. The monoisotopic (exact) mass is 353 g/mol. The molecule has 0 aliphatic heterocycles. The van der Waals surface area contributed by atoms with Crippen molar-refractivity contribution in [1.29, 1.82) is 5.26 Å². The van der Waals surface area contributed by atoms with E-state index in [-0.39, 0.29) is 16.4 Å². The lowest BCUT2D eigenvalue weighted by atomic mass is 10.2. The number of amides is 2. The Morgan fingerprint density at radius 3 is 1.92 bits per heavy atom. The van der Waals surface area contributed by atoms with E-state index in [1.165, 1.54) is 12.3 Å². The number of pyridine rings is 1. The molecule has 0 bridgehead atoms. The molecule has 1 rings (SSSR count). The minimum Gasteiger partial charge on any atom is -0.443 e. The summed E-state index contributed by atoms with van der Waals surface area (Å²) in [6.45, 7) is 9.98. The average Bonchev–Trinajstić information content (AvgIpc) is 2.34. The molecule has 0 aliphatic rings. The van der Waals surface area contributed by atoms with Gasteiger partial charge < -0.3 is 9.47 Å². The summed E-state index contributed by atoms with van der Waals surface area (Å²) < 4.78 is 10.4. The van der Waals surface area contributed by atoms with E-state index < -0.39 is 23.4 Å². The van der Waals surface area contributed by atoms with Crippen LogP contribution in [0, 0.1) is 11.3 Å². The van der Waals surface area contributed by atoms with Crippen LogP contribution in [0.4, 0.5) is 15.4 Å². The summed E-state index contributed by atoms with van der Waals surface area (Å²) in [5.74, 6) is -0.0949. The van der Waals surface area contributed by atoms with Crippen molar-refractivity contribution in [2.75, 3.05) is 4.90 Å². The molecule has 24 heavy (non-hydrogen) atoms. The summed E-state index contributed by atoms with van der Waals surface area (Å²) in [4.78, 5) is 29.4. The summed E-state index contributed by atoms with van der Waals surface area (Å²) in [6, 6.07) is 3.08. The van der Waals surface area contributed by atoms with Crippen LogP contribution in [0.15, 0.2) is 12.3 Å². The third kappa shape index (κ3) is 5.70. The Morgan fingerprint density at radius 2 is 1.58 bits per heavy atom. The summed E-state index contributed by atoms with van der Waals surface area (Å²) in [5.41, 5.74) is -1.53. The first-order valence-electron chi connectivity index (χ1n) is 7.16. The summed E-state index contributed by atoms with van der Waals surface area (Å²) in [5, 5.41) is 8.96. The first kappa shape index (κ1) is 19.7. The quantitative estimate of drug-likeness (QED) is 0.747. The Kier molecular flexibility index (Phi) is 5.80. The predicted octanol–water partition coefficient (Wildman–Crippen LogP) is 4.28. The molecule has 1 aromatic rings. The van der Waals surface area contributed by atoms with Gasteiger partial charge in [-0.1, -0.05) is 11.6 Å². The highest BCUT2D eigenvalue weighted by Gasteiger charge is 2.33. The molecular weight excluding hydrogens is 334 g/mol. The van der Waals surface area contributed by atoms with Crippen LogP contribution in [-0.2, 0) is 9.47 Å². The fourth-order valence-corrected chi connectivity index (χ4v) is 1.69. The summed E-state index contributed by atoms with van der Waals surface area (Å²) >= 11 is 5.96. The Bertz CT molecular complexity index is 656. The number of aromatic nitrogens is 1. The molecule has 0 aromatic carbocycles. The van der Waals surface area contributed by atoms with Gasteiger partial charge in [0.05, 0.1) is 10.6 Å². The molecule has 8 heteroatoms. The van der Waals surface area contributed by atoms with Crippen LogP contribution in [0.3, 0.4) is 0 Å². The van der Waals surface area contributed by atoms with Crippen molar-refractivity contribution in [2.24, 2.45) is 0 Å². The average molecular weight is 354 g/mol. The summed E-state index contributed by atoms with van der Waals surface area (Å²) in [7, 11) is 0. The van der Waals surface area contributed by atoms with Crippen molar-refractivity contribution in [3.63, 3.8) is 0 Å². The van der Waals surface area contributed by atoms with Gasteiger partial charge in [-0.15, -0.1) is 0 Å². The van der Waals surface area contributed by atoms with Crippen LogP contribution in [0.25, 0.3) is 0 Å². The standard InChI is InChI=1S/C16H20ClN3O4/c1-15(2,3)23-13(21)20(14(22)24-16(4,5)6)12-7-11(17)10(8-18)9-19-12/h7,9H,1-6H3. The normalized spacial score (nSPS) is 11.4. The van der Waals surface area contributed by atoms with E-state index in [1.54, 1.807) is 41.5 Å². The molecule has 0 aliphatic carbocycles. The fraction of sp³-hybridized carbons (Fsp3) is 0.500. The molecule has 7 nitrogen and oxygen atoms in total. The van der Waals surface area contributed by atoms with Crippen LogP contribution in [0.1, 0.15) is 47.1 Å². The predicted molar refractivity (Wildman–Crippen MR) is 88.9 cm³/mol. The van der Waals surface area contributed by atoms with Gasteiger partial charge in [0, 0.05) is 12.3 Å². The van der Waals surface area contributed by atoms with Crippen LogP contribution < -0.4 is 4.90 Å². The number of carbonyl (C=O) groups is 2. The zero-order chi connectivity index (χ0) is 18.7. The lowest BCUT2D eigenvalue weighted by Crippen LogP contribution is -2.44. The first-order valence-corrected chi connectivity index (χ1v) is 7.53. The number of ether oxygens (including phenoxy) is 2. The number of hydrogen-bond acceptors (Lipinski definition) is 6. The lowest BCUT2D eigenvalue weighted by molar-refractivity contribution is 0.0429. The molecule has 0 N–H and O–H groups in total. The molecule has 130 valence electrons. The fourth-order valence-electron chi connectivity index (χ4n) is 1.50. The zero-order valence-corrected chi connectivity index (χ0v) is 15.3. The molecule has 0 unspecified atom stereocenters. The SMILES string of the molecule is CC(C)(C)OC(=O)N(C(=O)OC(C)(C)C)c1cc(Cl)c(C#N)cn1. The van der Waals surface area contributed by atoms with Gasteiger partial charge in [-0.2, -0.15) is 10.2 Å². The second-order valence-electron chi connectivity index (χ2n) is 6.93. The van der Waals surface area contributed by atoms with Gasteiger partial charge in [0.1, 0.15) is 23.1 Å². The highest BCUT2D eigenvalue weighted by Crippen LogP contribution is 2.24. The van der Waals surface area contributed by atoms with E-state index in [1.807, 2.05) is 6.07 Å². The summed E-state index contributed by atoms with van der Waals surface area (Å²) in [6.07, 6.45) is -0.741. The first-order chi connectivity index (χ1) is 10.8. The lowest BCUT2D eigenvalue weighted by Gasteiger charge is -2.28. The maximum atomic E-state index is 12.4. The van der Waals surface area contributed by atoms with E-state index in [0.717, 1.165) is 0 Å². The minimum atomic E-state index is -0.954. The Labute approximate surface area is 146 Å². The Morgan fingerprint density at radius 1 is 1.12 bits per heavy atom. The van der Waals surface area contributed by atoms with Crippen molar-refractivity contribution >= 4 is 29.6 Å². The molecule has 0 saturated carbocycles. The maximum absolute atomic E-state index is 12.4. The van der Waals surface area contributed by atoms with Crippen molar-refractivity contribution in [3.8, 4) is 6.07 Å². The van der Waals surface area contributed by atoms with Crippen molar-refractivity contribution in [2.45, 2.75) is 52.7 Å². The number of nitrogens with zero attached hydrogens (tertiary/aromatic N) is 3. The van der Waals surface area contributed by atoms with Crippen molar-refractivity contribution in [3.05, 3.63) is 22.8 Å². The molecule has 0 radical (unpaired) electrons. The number of hydrogen-bond donors (Lipinski definition) is 0. The van der Waals surface area contributed by atoms with Crippen LogP contribution in [0.2, 0.25) is 5.02 Å². The molecule has 0 atom stereocenters. The molecular formula is C16H20ClN3O4. The van der Waals surface area contributed by atoms with Crippen molar-refractivity contribution in [1.82, 2.24) is 4.98 Å². The van der Waals surface area contributed by atoms with Gasteiger partial charge in [-0.05, 0) is 41.5 Å². The minimum absolute atomic E-state index is 0.0552. The number of rotatable bonds is 1. The number of nitriles is 1. The highest BCUT2D eigenvalue weighted by atomic mass is 35.5. The Balaban J connectivity index is 3.28. The van der Waals surface area contributed by atoms with E-state index >= 15 is 0 Å². The molecule has 1 aromatic heterocycles. The van der Waals surface area contributed by atoms with Gasteiger partial charge >= 0.3 is 12.2 Å². The highest BCUT2D eigenvalue weighted by molar-refractivity contribution is 6.32.